The third-order valence-corrected chi connectivity index (χ3v) is 3.65. The molecule has 1 heteroatoms. The van der Waals surface area contributed by atoms with Crippen molar-refractivity contribution in [3.63, 3.8) is 0 Å². The minimum atomic E-state index is 0.961. The van der Waals surface area contributed by atoms with Crippen molar-refractivity contribution in [3.05, 3.63) is 70.8 Å². The standard InChI is InChI=1S/C17H18S/c1-3-8-15-13(2)9-7-12-16(15)17(18)14-10-5-4-6-11-14/h4-7,9-12H,3,8H2,1-2H3. The first-order chi connectivity index (χ1) is 8.74. The second-order valence-corrected chi connectivity index (χ2v) is 4.95. The molecule has 2 aromatic rings. The van der Waals surface area contributed by atoms with E-state index < -0.39 is 0 Å². The van der Waals surface area contributed by atoms with Gasteiger partial charge in [-0.25, -0.2) is 0 Å². The molecule has 0 aliphatic rings. The summed E-state index contributed by atoms with van der Waals surface area (Å²) in [5.41, 5.74) is 5.09. The molecule has 18 heavy (non-hydrogen) atoms. The molecule has 2 rings (SSSR count). The van der Waals surface area contributed by atoms with Crippen LogP contribution in [0, 0.1) is 6.92 Å². The molecule has 0 aromatic heterocycles. The van der Waals surface area contributed by atoms with E-state index >= 15 is 0 Å². The van der Waals surface area contributed by atoms with Crippen LogP contribution in [0.3, 0.4) is 0 Å². The van der Waals surface area contributed by atoms with Gasteiger partial charge in [-0.15, -0.1) is 0 Å². The fourth-order valence-electron chi connectivity index (χ4n) is 2.24. The lowest BCUT2D eigenvalue weighted by atomic mass is 9.93. The van der Waals surface area contributed by atoms with E-state index in [2.05, 4.69) is 44.2 Å². The van der Waals surface area contributed by atoms with Gasteiger partial charge in [0.25, 0.3) is 0 Å². The minimum Gasteiger partial charge on any atom is -0.0788 e. The number of rotatable bonds is 4. The molecular formula is C17H18S. The van der Waals surface area contributed by atoms with E-state index in [-0.39, 0.29) is 0 Å². The molecule has 0 bridgehead atoms. The molecule has 0 heterocycles. The zero-order valence-corrected chi connectivity index (χ0v) is 11.8. The minimum absolute atomic E-state index is 0.961. The molecule has 0 saturated carbocycles. The third-order valence-electron chi connectivity index (χ3n) is 3.19. The largest absolute Gasteiger partial charge is 0.0788 e. The van der Waals surface area contributed by atoms with Gasteiger partial charge in [0.1, 0.15) is 0 Å². The molecule has 0 atom stereocenters. The van der Waals surface area contributed by atoms with Gasteiger partial charge in [0.2, 0.25) is 0 Å². The van der Waals surface area contributed by atoms with Crippen LogP contribution in [0.2, 0.25) is 0 Å². The maximum absolute atomic E-state index is 5.65. The van der Waals surface area contributed by atoms with Gasteiger partial charge < -0.3 is 0 Å². The van der Waals surface area contributed by atoms with Gasteiger partial charge in [-0.2, -0.15) is 0 Å². The summed E-state index contributed by atoms with van der Waals surface area (Å²) in [5.74, 6) is 0. The van der Waals surface area contributed by atoms with Gasteiger partial charge in [0, 0.05) is 0 Å². The van der Waals surface area contributed by atoms with Crippen LogP contribution in [-0.4, -0.2) is 4.86 Å². The molecule has 0 saturated heterocycles. The smallest absolute Gasteiger partial charge is 0.0524 e. The molecule has 0 aliphatic heterocycles. The maximum Gasteiger partial charge on any atom is 0.0524 e. The molecule has 2 aromatic carbocycles. The Balaban J connectivity index is 2.45. The lowest BCUT2D eigenvalue weighted by molar-refractivity contribution is 0.911. The Morgan fingerprint density at radius 3 is 2.39 bits per heavy atom. The summed E-state index contributed by atoms with van der Waals surface area (Å²) in [5, 5.41) is 0. The second-order valence-electron chi connectivity index (χ2n) is 4.55. The number of benzene rings is 2. The van der Waals surface area contributed by atoms with Crippen molar-refractivity contribution in [1.82, 2.24) is 0 Å². The highest BCUT2D eigenvalue weighted by Crippen LogP contribution is 2.20. The SMILES string of the molecule is CCCc1c(C)cccc1C(=S)c1ccccc1. The van der Waals surface area contributed by atoms with Crippen LogP contribution < -0.4 is 0 Å². The molecule has 0 radical (unpaired) electrons. The summed E-state index contributed by atoms with van der Waals surface area (Å²) in [6.07, 6.45) is 2.24. The average Bonchev–Trinajstić information content (AvgIpc) is 2.41. The van der Waals surface area contributed by atoms with E-state index in [1.54, 1.807) is 0 Å². The highest BCUT2D eigenvalue weighted by Gasteiger charge is 2.10. The van der Waals surface area contributed by atoms with Crippen molar-refractivity contribution < 1.29 is 0 Å². The molecule has 0 nitrogen and oxygen atoms in total. The van der Waals surface area contributed by atoms with Crippen molar-refractivity contribution in [2.45, 2.75) is 26.7 Å². The Morgan fingerprint density at radius 2 is 1.72 bits per heavy atom. The van der Waals surface area contributed by atoms with Gasteiger partial charge in [-0.05, 0) is 35.6 Å². The van der Waals surface area contributed by atoms with E-state index in [1.165, 1.54) is 16.7 Å². The predicted octanol–water partition coefficient (Wildman–Crippen LogP) is 4.71. The van der Waals surface area contributed by atoms with Gasteiger partial charge in [-0.3, -0.25) is 0 Å². The Kier molecular flexibility index (Phi) is 4.27. The summed E-state index contributed by atoms with van der Waals surface area (Å²) in [6, 6.07) is 16.7. The topological polar surface area (TPSA) is 0 Å². The molecular weight excluding hydrogens is 236 g/mol. The fourth-order valence-corrected chi connectivity index (χ4v) is 2.57. The van der Waals surface area contributed by atoms with E-state index in [0.717, 1.165) is 23.3 Å². The summed E-state index contributed by atoms with van der Waals surface area (Å²) < 4.78 is 0. The van der Waals surface area contributed by atoms with Crippen LogP contribution >= 0.6 is 12.2 Å². The first-order valence-electron chi connectivity index (χ1n) is 6.42. The first-order valence-corrected chi connectivity index (χ1v) is 6.83. The van der Waals surface area contributed by atoms with Gasteiger partial charge in [0.15, 0.2) is 0 Å². The van der Waals surface area contributed by atoms with Crippen molar-refractivity contribution >= 4 is 17.1 Å². The van der Waals surface area contributed by atoms with Gasteiger partial charge in [-0.1, -0.05) is 74.1 Å². The van der Waals surface area contributed by atoms with Crippen molar-refractivity contribution in [2.75, 3.05) is 0 Å². The maximum atomic E-state index is 5.65. The van der Waals surface area contributed by atoms with E-state index in [4.69, 9.17) is 12.2 Å². The van der Waals surface area contributed by atoms with Crippen molar-refractivity contribution in [1.29, 1.82) is 0 Å². The Labute approximate surface area is 115 Å². The molecule has 0 spiro atoms. The Bertz CT molecular complexity index is 541. The quantitative estimate of drug-likeness (QED) is 0.562. The summed E-state index contributed by atoms with van der Waals surface area (Å²) in [6.45, 7) is 4.38. The lowest BCUT2D eigenvalue weighted by Crippen LogP contribution is -2.05. The number of hydrogen-bond donors (Lipinski definition) is 0. The molecule has 0 unspecified atom stereocenters. The number of thiocarbonyl (C=S) groups is 1. The Hall–Kier alpha value is -1.47. The Morgan fingerprint density at radius 1 is 1.00 bits per heavy atom. The summed E-state index contributed by atoms with van der Waals surface area (Å²) in [7, 11) is 0. The predicted molar refractivity (Wildman–Crippen MR) is 82.4 cm³/mol. The van der Waals surface area contributed by atoms with E-state index in [9.17, 15) is 0 Å². The molecule has 0 N–H and O–H groups in total. The van der Waals surface area contributed by atoms with Crippen LogP contribution in [-0.2, 0) is 6.42 Å². The van der Waals surface area contributed by atoms with Crippen LogP contribution in [0.15, 0.2) is 48.5 Å². The lowest BCUT2D eigenvalue weighted by Gasteiger charge is -2.13. The molecule has 0 fully saturated rings. The van der Waals surface area contributed by atoms with Crippen LogP contribution in [0.25, 0.3) is 0 Å². The summed E-state index contributed by atoms with van der Waals surface area (Å²) >= 11 is 5.65. The molecule has 92 valence electrons. The van der Waals surface area contributed by atoms with Crippen LogP contribution in [0.4, 0.5) is 0 Å². The van der Waals surface area contributed by atoms with Crippen molar-refractivity contribution in [3.8, 4) is 0 Å². The van der Waals surface area contributed by atoms with Crippen LogP contribution in [0.1, 0.15) is 35.6 Å². The van der Waals surface area contributed by atoms with Gasteiger partial charge >= 0.3 is 0 Å². The van der Waals surface area contributed by atoms with Crippen LogP contribution in [0.5, 0.6) is 0 Å². The van der Waals surface area contributed by atoms with E-state index in [1.807, 2.05) is 18.2 Å². The first kappa shape index (κ1) is 13.0. The van der Waals surface area contributed by atoms with Gasteiger partial charge in [0.05, 0.1) is 4.86 Å². The normalized spacial score (nSPS) is 10.3. The third kappa shape index (κ3) is 2.68. The second kappa shape index (κ2) is 5.92. The molecule has 0 amide bonds. The van der Waals surface area contributed by atoms with E-state index in [0.29, 0.717) is 0 Å². The highest BCUT2D eigenvalue weighted by atomic mass is 32.1. The monoisotopic (exact) mass is 254 g/mol. The highest BCUT2D eigenvalue weighted by molar-refractivity contribution is 7.81. The van der Waals surface area contributed by atoms with Crippen molar-refractivity contribution in [2.24, 2.45) is 0 Å². The summed E-state index contributed by atoms with van der Waals surface area (Å²) in [4.78, 5) is 0.961. The number of aryl methyl sites for hydroxylation is 1. The zero-order valence-electron chi connectivity index (χ0n) is 10.9. The fraction of sp³-hybridized carbons (Fsp3) is 0.235. The zero-order chi connectivity index (χ0) is 13.0. The number of hydrogen-bond acceptors (Lipinski definition) is 1. The average molecular weight is 254 g/mol. The molecule has 0 aliphatic carbocycles.